The van der Waals surface area contributed by atoms with E-state index in [1.54, 1.807) is 18.2 Å². The number of thioether (sulfide) groups is 1. The van der Waals surface area contributed by atoms with Crippen LogP contribution in [0, 0.1) is 11.6 Å². The van der Waals surface area contributed by atoms with Gasteiger partial charge in [0.15, 0.2) is 0 Å². The van der Waals surface area contributed by atoms with Gasteiger partial charge in [0.1, 0.15) is 11.6 Å². The second kappa shape index (κ2) is 6.65. The van der Waals surface area contributed by atoms with Crippen LogP contribution in [0.4, 0.5) is 8.78 Å². The Morgan fingerprint density at radius 2 is 1.79 bits per heavy atom. The number of hydrogen-bond acceptors (Lipinski definition) is 3. The van der Waals surface area contributed by atoms with Crippen LogP contribution >= 0.6 is 11.8 Å². The van der Waals surface area contributed by atoms with E-state index in [1.165, 1.54) is 36.0 Å². The van der Waals surface area contributed by atoms with Crippen LogP contribution < -0.4 is 11.3 Å². The quantitative estimate of drug-likeness (QED) is 0.501. The lowest BCUT2D eigenvalue weighted by molar-refractivity contribution is 0.601. The van der Waals surface area contributed by atoms with E-state index in [1.807, 2.05) is 6.07 Å². The summed E-state index contributed by atoms with van der Waals surface area (Å²) in [6.07, 6.45) is 0. The average Bonchev–Trinajstić information content (AvgIpc) is 2.41. The molecule has 2 aromatic rings. The second-order valence-corrected chi connectivity index (χ2v) is 5.13. The Morgan fingerprint density at radius 1 is 1.05 bits per heavy atom. The lowest BCUT2D eigenvalue weighted by Gasteiger charge is -2.15. The Labute approximate surface area is 115 Å². The summed E-state index contributed by atoms with van der Waals surface area (Å²) >= 11 is 1.49. The third kappa shape index (κ3) is 4.02. The first-order chi connectivity index (χ1) is 9.19. The molecular formula is C14H14F2N2S. The van der Waals surface area contributed by atoms with Gasteiger partial charge in [-0.05, 0) is 35.9 Å². The predicted molar refractivity (Wildman–Crippen MR) is 73.6 cm³/mol. The highest BCUT2D eigenvalue weighted by molar-refractivity contribution is 7.99. The highest BCUT2D eigenvalue weighted by Crippen LogP contribution is 2.25. The molecule has 0 aliphatic heterocycles. The summed E-state index contributed by atoms with van der Waals surface area (Å²) in [5.41, 5.74) is 3.58. The van der Waals surface area contributed by atoms with Crippen LogP contribution in [-0.4, -0.2) is 5.75 Å². The smallest absolute Gasteiger partial charge is 0.124 e. The largest absolute Gasteiger partial charge is 0.271 e. The van der Waals surface area contributed by atoms with Crippen molar-refractivity contribution in [1.29, 1.82) is 0 Å². The van der Waals surface area contributed by atoms with Gasteiger partial charge in [-0.25, -0.2) is 8.78 Å². The first-order valence-electron chi connectivity index (χ1n) is 5.79. The number of nitrogens with two attached hydrogens (primary N) is 1. The molecule has 5 heteroatoms. The third-order valence-corrected chi connectivity index (χ3v) is 3.77. The first-order valence-corrected chi connectivity index (χ1v) is 6.77. The number of hydrogen-bond donors (Lipinski definition) is 2. The fourth-order valence-corrected chi connectivity index (χ4v) is 2.69. The van der Waals surface area contributed by atoms with Gasteiger partial charge in [-0.2, -0.15) is 0 Å². The van der Waals surface area contributed by atoms with Crippen LogP contribution in [-0.2, 0) is 0 Å². The third-order valence-electron chi connectivity index (χ3n) is 2.69. The molecule has 0 aromatic heterocycles. The summed E-state index contributed by atoms with van der Waals surface area (Å²) in [5, 5.41) is 0. The lowest BCUT2D eigenvalue weighted by atomic mass is 10.1. The van der Waals surface area contributed by atoms with Crippen molar-refractivity contribution in [2.75, 3.05) is 5.75 Å². The maximum Gasteiger partial charge on any atom is 0.124 e. The molecule has 19 heavy (non-hydrogen) atoms. The molecule has 0 aliphatic rings. The number of halogens is 2. The van der Waals surface area contributed by atoms with Crippen LogP contribution in [0.2, 0.25) is 0 Å². The van der Waals surface area contributed by atoms with Crippen molar-refractivity contribution in [3.05, 3.63) is 65.7 Å². The second-order valence-electron chi connectivity index (χ2n) is 4.04. The summed E-state index contributed by atoms with van der Waals surface area (Å²) in [6.45, 7) is 0. The highest BCUT2D eigenvalue weighted by atomic mass is 32.2. The van der Waals surface area contributed by atoms with Gasteiger partial charge in [0.25, 0.3) is 0 Å². The molecule has 0 bridgehead atoms. The molecule has 0 heterocycles. The maximum absolute atomic E-state index is 13.0. The topological polar surface area (TPSA) is 38.0 Å². The number of rotatable bonds is 5. The van der Waals surface area contributed by atoms with Gasteiger partial charge >= 0.3 is 0 Å². The van der Waals surface area contributed by atoms with E-state index in [4.69, 9.17) is 5.84 Å². The van der Waals surface area contributed by atoms with E-state index < -0.39 is 0 Å². The van der Waals surface area contributed by atoms with Gasteiger partial charge in [-0.1, -0.05) is 18.2 Å². The van der Waals surface area contributed by atoms with Gasteiger partial charge in [0.05, 0.1) is 6.04 Å². The standard InChI is InChI=1S/C14H14F2N2S/c15-11-6-4-10(5-7-11)14(18-17)9-19-13-3-1-2-12(16)8-13/h1-8,14,18H,9,17H2. The van der Waals surface area contributed by atoms with E-state index in [9.17, 15) is 8.78 Å². The van der Waals surface area contributed by atoms with E-state index in [-0.39, 0.29) is 17.7 Å². The summed E-state index contributed by atoms with van der Waals surface area (Å²) in [4.78, 5) is 0.836. The van der Waals surface area contributed by atoms with E-state index in [0.29, 0.717) is 5.75 Å². The molecule has 1 atom stereocenters. The average molecular weight is 280 g/mol. The minimum absolute atomic E-state index is 0.117. The van der Waals surface area contributed by atoms with Crippen molar-refractivity contribution in [3.63, 3.8) is 0 Å². The highest BCUT2D eigenvalue weighted by Gasteiger charge is 2.10. The maximum atomic E-state index is 13.0. The number of benzene rings is 2. The van der Waals surface area contributed by atoms with Crippen LogP contribution in [0.25, 0.3) is 0 Å². The molecule has 3 N–H and O–H groups in total. The van der Waals surface area contributed by atoms with E-state index >= 15 is 0 Å². The van der Waals surface area contributed by atoms with Crippen molar-refractivity contribution < 1.29 is 8.78 Å². The summed E-state index contributed by atoms with van der Waals surface area (Å²) in [5.74, 6) is 5.60. The number of hydrazine groups is 1. The van der Waals surface area contributed by atoms with Crippen LogP contribution in [0.5, 0.6) is 0 Å². The molecule has 100 valence electrons. The van der Waals surface area contributed by atoms with E-state index in [2.05, 4.69) is 5.43 Å². The van der Waals surface area contributed by atoms with Crippen LogP contribution in [0.3, 0.4) is 0 Å². The SMILES string of the molecule is NNC(CSc1cccc(F)c1)c1ccc(F)cc1. The molecule has 2 rings (SSSR count). The first kappa shape index (κ1) is 14.0. The summed E-state index contributed by atoms with van der Waals surface area (Å²) < 4.78 is 25.9. The molecule has 2 aromatic carbocycles. The minimum Gasteiger partial charge on any atom is -0.271 e. The van der Waals surface area contributed by atoms with Gasteiger partial charge in [0.2, 0.25) is 0 Å². The normalized spacial score (nSPS) is 12.4. The number of nitrogens with one attached hydrogen (secondary N) is 1. The van der Waals surface area contributed by atoms with Gasteiger partial charge in [-0.3, -0.25) is 11.3 Å². The summed E-state index contributed by atoms with van der Waals surface area (Å²) in [6, 6.07) is 12.4. The molecule has 0 spiro atoms. The molecule has 0 amide bonds. The van der Waals surface area contributed by atoms with Crippen molar-refractivity contribution in [2.45, 2.75) is 10.9 Å². The molecule has 0 radical (unpaired) electrons. The Bertz CT molecular complexity index is 531. The molecule has 0 saturated heterocycles. The molecular weight excluding hydrogens is 266 g/mol. The monoisotopic (exact) mass is 280 g/mol. The van der Waals surface area contributed by atoms with Gasteiger partial charge in [0, 0.05) is 10.6 Å². The lowest BCUT2D eigenvalue weighted by Crippen LogP contribution is -2.29. The Kier molecular flexibility index (Phi) is 4.90. The Morgan fingerprint density at radius 3 is 2.42 bits per heavy atom. The van der Waals surface area contributed by atoms with E-state index in [0.717, 1.165) is 10.5 Å². The zero-order valence-electron chi connectivity index (χ0n) is 10.1. The van der Waals surface area contributed by atoms with Crippen molar-refractivity contribution in [3.8, 4) is 0 Å². The molecule has 0 saturated carbocycles. The fraction of sp³-hybridized carbons (Fsp3) is 0.143. The van der Waals surface area contributed by atoms with Gasteiger partial charge in [-0.15, -0.1) is 11.8 Å². The molecule has 1 unspecified atom stereocenters. The zero-order valence-corrected chi connectivity index (χ0v) is 11.0. The zero-order chi connectivity index (χ0) is 13.7. The predicted octanol–water partition coefficient (Wildman–Crippen LogP) is 3.26. The minimum atomic E-state index is -0.280. The molecule has 0 aliphatic carbocycles. The van der Waals surface area contributed by atoms with Crippen LogP contribution in [0.15, 0.2) is 53.4 Å². The Hall–Kier alpha value is -1.43. The van der Waals surface area contributed by atoms with Crippen molar-refractivity contribution in [2.24, 2.45) is 5.84 Å². The fourth-order valence-electron chi connectivity index (χ4n) is 1.67. The van der Waals surface area contributed by atoms with Crippen molar-refractivity contribution >= 4 is 11.8 Å². The van der Waals surface area contributed by atoms with Crippen molar-refractivity contribution in [1.82, 2.24) is 5.43 Å². The van der Waals surface area contributed by atoms with Crippen LogP contribution in [0.1, 0.15) is 11.6 Å². The van der Waals surface area contributed by atoms with Gasteiger partial charge < -0.3 is 0 Å². The molecule has 0 fully saturated rings. The molecule has 2 nitrogen and oxygen atoms in total. The summed E-state index contributed by atoms with van der Waals surface area (Å²) in [7, 11) is 0. The Balaban J connectivity index is 2.01.